The molecule has 0 fully saturated rings. The average Bonchev–Trinajstić information content (AvgIpc) is 1.67. The fourth-order valence-electron chi connectivity index (χ4n) is 0.392. The van der Waals surface area contributed by atoms with Gasteiger partial charge in [0.25, 0.3) is 0 Å². The van der Waals surface area contributed by atoms with Crippen molar-refractivity contribution in [3.8, 4) is 0 Å². The number of allylic oxidation sites excluding steroid dienone is 1. The number of rotatable bonds is 3. The van der Waals surface area contributed by atoms with Crippen LogP contribution >= 0.6 is 11.8 Å². The van der Waals surface area contributed by atoms with Crippen LogP contribution in [-0.4, -0.2) is 12.0 Å². The quantitative estimate of drug-likeness (QED) is 0.529. The van der Waals surface area contributed by atoms with Crippen LogP contribution in [0.15, 0.2) is 12.2 Å². The van der Waals surface area contributed by atoms with E-state index in [2.05, 4.69) is 26.7 Å². The second-order valence-electron chi connectivity index (χ2n) is 2.20. The lowest BCUT2D eigenvalue weighted by molar-refractivity contribution is 0.788. The molecule has 0 N–H and O–H groups in total. The van der Waals surface area contributed by atoms with Crippen LogP contribution in [0.3, 0.4) is 0 Å². The first kappa shape index (κ1) is 8.09. The zero-order valence-corrected chi connectivity index (χ0v) is 6.72. The Balaban J connectivity index is 3.32. The van der Waals surface area contributed by atoms with Gasteiger partial charge in [-0.2, -0.15) is 11.8 Å². The van der Waals surface area contributed by atoms with Gasteiger partial charge in [0.15, 0.2) is 0 Å². The Bertz CT molecular complexity index is 76.5. The predicted octanol–water partition coefficient (Wildman–Crippen LogP) is 2.56. The molecular formula is C7H14S. The van der Waals surface area contributed by atoms with E-state index in [0.29, 0.717) is 5.92 Å². The maximum atomic E-state index is 3.86. The van der Waals surface area contributed by atoms with Gasteiger partial charge in [-0.1, -0.05) is 19.1 Å². The van der Waals surface area contributed by atoms with Crippen molar-refractivity contribution in [1.29, 1.82) is 0 Å². The van der Waals surface area contributed by atoms with Crippen molar-refractivity contribution in [2.45, 2.75) is 13.8 Å². The van der Waals surface area contributed by atoms with Gasteiger partial charge in [-0.05, 0) is 24.9 Å². The summed E-state index contributed by atoms with van der Waals surface area (Å²) in [5.74, 6) is 1.89. The van der Waals surface area contributed by atoms with E-state index in [1.807, 2.05) is 11.8 Å². The van der Waals surface area contributed by atoms with Gasteiger partial charge in [-0.25, -0.2) is 0 Å². The Morgan fingerprint density at radius 3 is 2.38 bits per heavy atom. The molecule has 0 aliphatic heterocycles. The molecule has 0 aromatic rings. The normalized spacial score (nSPS) is 13.4. The van der Waals surface area contributed by atoms with E-state index in [1.165, 1.54) is 11.3 Å². The second kappa shape index (κ2) is 4.02. The molecule has 0 saturated carbocycles. The van der Waals surface area contributed by atoms with Crippen LogP contribution in [-0.2, 0) is 0 Å². The van der Waals surface area contributed by atoms with Gasteiger partial charge in [0.1, 0.15) is 0 Å². The Morgan fingerprint density at radius 1 is 1.75 bits per heavy atom. The molecule has 0 aliphatic rings. The Hall–Kier alpha value is 0.0900. The highest BCUT2D eigenvalue weighted by Crippen LogP contribution is 2.11. The van der Waals surface area contributed by atoms with Crippen LogP contribution in [0.5, 0.6) is 0 Å². The van der Waals surface area contributed by atoms with Crippen LogP contribution in [0.25, 0.3) is 0 Å². The standard InChI is InChI=1S/C7H14S/c1-6(2)7(3)5-8-4/h7H,1,5H2,2-4H3. The van der Waals surface area contributed by atoms with Gasteiger partial charge in [-0.3, -0.25) is 0 Å². The van der Waals surface area contributed by atoms with Crippen molar-refractivity contribution < 1.29 is 0 Å². The third-order valence-electron chi connectivity index (χ3n) is 1.26. The lowest BCUT2D eigenvalue weighted by atomic mass is 10.1. The monoisotopic (exact) mass is 130 g/mol. The lowest BCUT2D eigenvalue weighted by Crippen LogP contribution is -1.97. The van der Waals surface area contributed by atoms with Crippen LogP contribution in [0.1, 0.15) is 13.8 Å². The molecular weight excluding hydrogens is 116 g/mol. The number of thioether (sulfide) groups is 1. The minimum Gasteiger partial charge on any atom is -0.165 e. The van der Waals surface area contributed by atoms with Gasteiger partial charge >= 0.3 is 0 Å². The number of hydrogen-bond acceptors (Lipinski definition) is 1. The molecule has 8 heavy (non-hydrogen) atoms. The molecule has 1 atom stereocenters. The molecule has 0 radical (unpaired) electrons. The van der Waals surface area contributed by atoms with Crippen molar-refractivity contribution in [3.05, 3.63) is 12.2 Å². The molecule has 48 valence electrons. The maximum absolute atomic E-state index is 3.86. The fraction of sp³-hybridized carbons (Fsp3) is 0.714. The van der Waals surface area contributed by atoms with E-state index in [0.717, 1.165) is 0 Å². The van der Waals surface area contributed by atoms with E-state index in [4.69, 9.17) is 0 Å². The lowest BCUT2D eigenvalue weighted by Gasteiger charge is -2.06. The summed E-state index contributed by atoms with van der Waals surface area (Å²) in [6.45, 7) is 8.15. The van der Waals surface area contributed by atoms with E-state index < -0.39 is 0 Å². The van der Waals surface area contributed by atoms with E-state index >= 15 is 0 Å². The summed E-state index contributed by atoms with van der Waals surface area (Å²) < 4.78 is 0. The highest BCUT2D eigenvalue weighted by Gasteiger charge is 1.98. The van der Waals surface area contributed by atoms with Crippen molar-refractivity contribution in [1.82, 2.24) is 0 Å². The molecule has 0 aromatic heterocycles. The van der Waals surface area contributed by atoms with Crippen LogP contribution < -0.4 is 0 Å². The van der Waals surface area contributed by atoms with E-state index in [9.17, 15) is 0 Å². The summed E-state index contributed by atoms with van der Waals surface area (Å²) in [7, 11) is 0. The third kappa shape index (κ3) is 3.14. The molecule has 0 rings (SSSR count). The van der Waals surface area contributed by atoms with Gasteiger partial charge in [-0.15, -0.1) is 0 Å². The smallest absolute Gasteiger partial charge is 0.000742 e. The summed E-state index contributed by atoms with van der Waals surface area (Å²) in [4.78, 5) is 0. The first-order valence-electron chi connectivity index (χ1n) is 2.82. The topological polar surface area (TPSA) is 0 Å². The largest absolute Gasteiger partial charge is 0.165 e. The Morgan fingerprint density at radius 2 is 2.25 bits per heavy atom. The van der Waals surface area contributed by atoms with Crippen molar-refractivity contribution >= 4 is 11.8 Å². The summed E-state index contributed by atoms with van der Waals surface area (Å²) in [5, 5.41) is 0. The summed E-state index contributed by atoms with van der Waals surface area (Å²) in [6, 6.07) is 0. The van der Waals surface area contributed by atoms with Crippen molar-refractivity contribution in [2.24, 2.45) is 5.92 Å². The highest BCUT2D eigenvalue weighted by molar-refractivity contribution is 7.98. The molecule has 0 saturated heterocycles. The average molecular weight is 130 g/mol. The van der Waals surface area contributed by atoms with Gasteiger partial charge in [0.2, 0.25) is 0 Å². The molecule has 0 amide bonds. The van der Waals surface area contributed by atoms with Crippen LogP contribution in [0, 0.1) is 5.92 Å². The molecule has 1 unspecified atom stereocenters. The SMILES string of the molecule is C=C(C)C(C)CSC. The van der Waals surface area contributed by atoms with Gasteiger partial charge < -0.3 is 0 Å². The molecule has 0 aliphatic carbocycles. The molecule has 1 heteroatoms. The Labute approximate surface area is 56.4 Å². The van der Waals surface area contributed by atoms with E-state index in [-0.39, 0.29) is 0 Å². The molecule has 0 bridgehead atoms. The fourth-order valence-corrected chi connectivity index (χ4v) is 1.18. The summed E-state index contributed by atoms with van der Waals surface area (Å²) >= 11 is 1.88. The molecule has 0 spiro atoms. The molecule has 0 nitrogen and oxygen atoms in total. The molecule has 0 aromatic carbocycles. The first-order valence-corrected chi connectivity index (χ1v) is 4.22. The predicted molar refractivity (Wildman–Crippen MR) is 42.4 cm³/mol. The summed E-state index contributed by atoms with van der Waals surface area (Å²) in [5.41, 5.74) is 1.29. The Kier molecular flexibility index (Phi) is 4.06. The second-order valence-corrected chi connectivity index (χ2v) is 3.11. The van der Waals surface area contributed by atoms with Crippen molar-refractivity contribution in [3.63, 3.8) is 0 Å². The zero-order valence-electron chi connectivity index (χ0n) is 5.90. The zero-order chi connectivity index (χ0) is 6.57. The maximum Gasteiger partial charge on any atom is -0.000742 e. The van der Waals surface area contributed by atoms with Gasteiger partial charge in [0.05, 0.1) is 0 Å². The summed E-state index contributed by atoms with van der Waals surface area (Å²) in [6.07, 6.45) is 2.12. The minimum atomic E-state index is 0.685. The third-order valence-corrected chi connectivity index (χ3v) is 2.09. The molecule has 0 heterocycles. The number of hydrogen-bond donors (Lipinski definition) is 0. The minimum absolute atomic E-state index is 0.685. The first-order chi connectivity index (χ1) is 3.68. The highest BCUT2D eigenvalue weighted by atomic mass is 32.2. The van der Waals surface area contributed by atoms with Crippen molar-refractivity contribution in [2.75, 3.05) is 12.0 Å². The van der Waals surface area contributed by atoms with Gasteiger partial charge in [0, 0.05) is 0 Å². The van der Waals surface area contributed by atoms with E-state index in [1.54, 1.807) is 0 Å². The van der Waals surface area contributed by atoms with Crippen LogP contribution in [0.4, 0.5) is 0 Å². The van der Waals surface area contributed by atoms with Crippen LogP contribution in [0.2, 0.25) is 0 Å².